The molecule has 1 heterocycles. The van der Waals surface area contributed by atoms with Crippen molar-refractivity contribution in [3.05, 3.63) is 11.1 Å². The minimum Gasteiger partial charge on any atom is -0.410 e. The highest BCUT2D eigenvalue weighted by Crippen LogP contribution is 2.11. The molecule has 0 spiro atoms. The molecule has 16 heavy (non-hydrogen) atoms. The van der Waals surface area contributed by atoms with Crippen LogP contribution >= 0.6 is 11.3 Å². The molecule has 0 saturated heterocycles. The molecule has 6 N–H and O–H groups in total. The second-order valence-corrected chi connectivity index (χ2v) is 3.60. The maximum Gasteiger partial charge on any atom is 0.275 e. The minimum atomic E-state index is -1.68. The largest absolute Gasteiger partial charge is 0.410 e. The van der Waals surface area contributed by atoms with E-state index in [1.807, 2.05) is 0 Å². The van der Waals surface area contributed by atoms with Gasteiger partial charge in [0.05, 0.1) is 6.54 Å². The molecule has 8 nitrogen and oxygen atoms in total. The Morgan fingerprint density at radius 1 is 1.69 bits per heavy atom. The lowest BCUT2D eigenvalue weighted by Crippen LogP contribution is -2.37. The van der Waals surface area contributed by atoms with Gasteiger partial charge in [0.15, 0.2) is 17.1 Å². The number of oxime groups is 1. The molecule has 1 aromatic rings. The number of nitrogens with one attached hydrogen (secondary N) is 1. The van der Waals surface area contributed by atoms with E-state index < -0.39 is 12.2 Å². The normalized spacial score (nSPS) is 11.8. The molecule has 0 aliphatic heterocycles. The number of hydrogen-bond acceptors (Lipinski definition) is 8. The van der Waals surface area contributed by atoms with Gasteiger partial charge in [0.2, 0.25) is 0 Å². The molecule has 0 unspecified atom stereocenters. The third kappa shape index (κ3) is 3.15. The molecule has 0 aliphatic carbocycles. The van der Waals surface area contributed by atoms with Crippen molar-refractivity contribution >= 4 is 28.1 Å². The Balaban J connectivity index is 2.72. The van der Waals surface area contributed by atoms with Crippen LogP contribution in [0.15, 0.2) is 10.5 Å². The molecule has 88 valence electrons. The zero-order valence-electron chi connectivity index (χ0n) is 7.99. The van der Waals surface area contributed by atoms with E-state index in [0.29, 0.717) is 0 Å². The number of carbonyl (C=O) groups is 1. The first kappa shape index (κ1) is 12.4. The Morgan fingerprint density at radius 2 is 2.38 bits per heavy atom. The number of nitrogens with zero attached hydrogens (tertiary/aromatic N) is 2. The monoisotopic (exact) mass is 246 g/mol. The number of thiazole rings is 1. The van der Waals surface area contributed by atoms with Gasteiger partial charge in [0, 0.05) is 5.38 Å². The van der Waals surface area contributed by atoms with Crippen molar-refractivity contribution in [3.63, 3.8) is 0 Å². The first-order chi connectivity index (χ1) is 7.54. The van der Waals surface area contributed by atoms with Crippen molar-refractivity contribution in [2.24, 2.45) is 5.16 Å². The Kier molecular flexibility index (Phi) is 4.17. The van der Waals surface area contributed by atoms with Crippen LogP contribution in [0.1, 0.15) is 5.69 Å². The van der Waals surface area contributed by atoms with E-state index in [-0.39, 0.29) is 23.1 Å². The summed E-state index contributed by atoms with van der Waals surface area (Å²) in [4.78, 5) is 15.1. The number of hydrogen-bond donors (Lipinski definition) is 5. The van der Waals surface area contributed by atoms with Crippen LogP contribution in [0.25, 0.3) is 0 Å². The van der Waals surface area contributed by atoms with Crippen LogP contribution in [0.3, 0.4) is 0 Å². The Hall–Kier alpha value is -1.71. The van der Waals surface area contributed by atoms with Gasteiger partial charge in [-0.05, 0) is 0 Å². The second-order valence-electron chi connectivity index (χ2n) is 2.71. The van der Waals surface area contributed by atoms with Crippen LogP contribution in [0.5, 0.6) is 0 Å². The fourth-order valence-corrected chi connectivity index (χ4v) is 1.42. The molecule has 1 rings (SSSR count). The van der Waals surface area contributed by atoms with Crippen LogP contribution < -0.4 is 11.1 Å². The highest BCUT2D eigenvalue weighted by atomic mass is 32.1. The summed E-state index contributed by atoms with van der Waals surface area (Å²) in [5.74, 6) is -0.777. The van der Waals surface area contributed by atoms with E-state index >= 15 is 0 Å². The van der Waals surface area contributed by atoms with Crippen molar-refractivity contribution in [3.8, 4) is 0 Å². The van der Waals surface area contributed by atoms with Gasteiger partial charge in [-0.1, -0.05) is 5.16 Å². The van der Waals surface area contributed by atoms with E-state index in [4.69, 9.17) is 21.2 Å². The van der Waals surface area contributed by atoms with Crippen LogP contribution in [0.2, 0.25) is 0 Å². The molecule has 0 radical (unpaired) electrons. The highest BCUT2D eigenvalue weighted by molar-refractivity contribution is 7.13. The van der Waals surface area contributed by atoms with Crippen LogP contribution in [0, 0.1) is 0 Å². The predicted octanol–water partition coefficient (Wildman–Crippen LogP) is -1.67. The molecule has 9 heteroatoms. The third-order valence-electron chi connectivity index (χ3n) is 1.52. The molecule has 1 amide bonds. The van der Waals surface area contributed by atoms with Gasteiger partial charge in [-0.3, -0.25) is 4.79 Å². The van der Waals surface area contributed by atoms with Crippen molar-refractivity contribution in [1.29, 1.82) is 0 Å². The standard InChI is InChI=1S/C7H10N4O4S/c8-7-10-3(2-16-7)5(11-15)6(14)9-1-4(12)13/h2,4,12-13,15H,1H2,(H2,8,10)(H,9,14)/b11-5+. The topological polar surface area (TPSA) is 141 Å². The Morgan fingerprint density at radius 3 is 2.81 bits per heavy atom. The zero-order chi connectivity index (χ0) is 12.1. The second kappa shape index (κ2) is 5.39. The highest BCUT2D eigenvalue weighted by Gasteiger charge is 2.18. The van der Waals surface area contributed by atoms with Gasteiger partial charge >= 0.3 is 0 Å². The fourth-order valence-electron chi connectivity index (χ4n) is 0.877. The maximum absolute atomic E-state index is 11.4. The SMILES string of the molecule is Nc1nc(/C(=N\O)C(=O)NCC(O)O)cs1. The van der Waals surface area contributed by atoms with Crippen molar-refractivity contribution < 1.29 is 20.2 Å². The number of nitrogens with two attached hydrogens (primary N) is 1. The van der Waals surface area contributed by atoms with Gasteiger partial charge in [0.25, 0.3) is 5.91 Å². The maximum atomic E-state index is 11.4. The fraction of sp³-hybridized carbons (Fsp3) is 0.286. The third-order valence-corrected chi connectivity index (χ3v) is 2.20. The Bertz CT molecular complexity index is 403. The summed E-state index contributed by atoms with van der Waals surface area (Å²) in [6, 6.07) is 0. The van der Waals surface area contributed by atoms with Crippen LogP contribution in [-0.4, -0.2) is 44.9 Å². The number of aliphatic hydroxyl groups is 2. The molecule has 0 atom stereocenters. The smallest absolute Gasteiger partial charge is 0.275 e. The summed E-state index contributed by atoms with van der Waals surface area (Å²) < 4.78 is 0. The quantitative estimate of drug-likeness (QED) is 0.186. The summed E-state index contributed by atoms with van der Waals surface area (Å²) in [5, 5.41) is 32.3. The van der Waals surface area contributed by atoms with Gasteiger partial charge in [-0.2, -0.15) is 0 Å². The summed E-state index contributed by atoms with van der Waals surface area (Å²) in [7, 11) is 0. The lowest BCUT2D eigenvalue weighted by atomic mass is 10.3. The number of nitrogen functional groups attached to an aromatic ring is 1. The van der Waals surface area contributed by atoms with Crippen LogP contribution in [-0.2, 0) is 4.79 Å². The van der Waals surface area contributed by atoms with E-state index in [1.54, 1.807) is 0 Å². The number of aliphatic hydroxyl groups excluding tert-OH is 1. The average molecular weight is 246 g/mol. The first-order valence-corrected chi connectivity index (χ1v) is 5.00. The number of anilines is 1. The van der Waals surface area contributed by atoms with Crippen LogP contribution in [0.4, 0.5) is 5.13 Å². The van der Waals surface area contributed by atoms with Gasteiger partial charge in [0.1, 0.15) is 5.69 Å². The summed E-state index contributed by atoms with van der Waals surface area (Å²) >= 11 is 1.09. The van der Waals surface area contributed by atoms with Gasteiger partial charge in [-0.25, -0.2) is 4.98 Å². The molecule has 0 fully saturated rings. The summed E-state index contributed by atoms with van der Waals surface area (Å²) in [6.07, 6.45) is -1.68. The van der Waals surface area contributed by atoms with E-state index in [1.165, 1.54) is 5.38 Å². The number of aromatic nitrogens is 1. The molecule has 0 aromatic carbocycles. The van der Waals surface area contributed by atoms with E-state index in [0.717, 1.165) is 11.3 Å². The summed E-state index contributed by atoms with van der Waals surface area (Å²) in [6.45, 7) is -0.378. The molecule has 1 aromatic heterocycles. The number of rotatable bonds is 4. The molecular formula is C7H10N4O4S. The zero-order valence-corrected chi connectivity index (χ0v) is 8.81. The number of amides is 1. The van der Waals surface area contributed by atoms with Gasteiger partial charge in [-0.15, -0.1) is 11.3 Å². The number of carbonyl (C=O) groups excluding carboxylic acids is 1. The molecule has 0 bridgehead atoms. The van der Waals surface area contributed by atoms with Crippen molar-refractivity contribution in [2.45, 2.75) is 6.29 Å². The van der Waals surface area contributed by atoms with Crippen molar-refractivity contribution in [2.75, 3.05) is 12.3 Å². The van der Waals surface area contributed by atoms with E-state index in [2.05, 4.69) is 15.5 Å². The molecule has 0 aliphatic rings. The predicted molar refractivity (Wildman–Crippen MR) is 56.1 cm³/mol. The lowest BCUT2D eigenvalue weighted by Gasteiger charge is -2.05. The lowest BCUT2D eigenvalue weighted by molar-refractivity contribution is -0.117. The first-order valence-electron chi connectivity index (χ1n) is 4.12. The molecular weight excluding hydrogens is 236 g/mol. The van der Waals surface area contributed by atoms with Crippen molar-refractivity contribution in [1.82, 2.24) is 10.3 Å². The van der Waals surface area contributed by atoms with E-state index in [9.17, 15) is 4.79 Å². The summed E-state index contributed by atoms with van der Waals surface area (Å²) in [5.41, 5.74) is 5.13. The molecule has 0 saturated carbocycles. The van der Waals surface area contributed by atoms with Gasteiger partial charge < -0.3 is 26.5 Å². The minimum absolute atomic E-state index is 0.120. The Labute approximate surface area is 94.0 Å². The average Bonchev–Trinajstić information content (AvgIpc) is 2.63.